The zero-order chi connectivity index (χ0) is 21.9. The third-order valence-corrected chi connectivity index (χ3v) is 5.38. The molecule has 160 valence electrons. The number of nitrogens with zero attached hydrogens (tertiary/aromatic N) is 3. The van der Waals surface area contributed by atoms with E-state index in [4.69, 9.17) is 4.74 Å². The van der Waals surface area contributed by atoms with Crippen molar-refractivity contribution in [1.29, 1.82) is 0 Å². The van der Waals surface area contributed by atoms with Crippen LogP contribution in [0, 0.1) is 0 Å². The minimum absolute atomic E-state index is 0.0740. The van der Waals surface area contributed by atoms with Crippen LogP contribution in [-0.2, 0) is 16.1 Å². The van der Waals surface area contributed by atoms with E-state index in [-0.39, 0.29) is 11.8 Å². The Morgan fingerprint density at radius 3 is 2.69 bits per heavy atom. The maximum absolute atomic E-state index is 12.2. The molecule has 8 heteroatoms. The zero-order valence-corrected chi connectivity index (χ0v) is 17.2. The molecule has 1 unspecified atom stereocenters. The van der Waals surface area contributed by atoms with Crippen LogP contribution in [-0.4, -0.2) is 32.2 Å². The number of aromatic nitrogens is 3. The molecule has 0 aliphatic carbocycles. The summed E-state index contributed by atoms with van der Waals surface area (Å²) in [5.41, 5.74) is 3.48. The molecular formula is C24H21N5O3. The number of carbonyl (C=O) groups excluding carboxylic acids is 2. The molecule has 2 N–H and O–H groups in total. The Bertz CT molecular complexity index is 1270. The number of ether oxygens (including phenoxy) is 1. The molecule has 32 heavy (non-hydrogen) atoms. The number of fused-ring (bicyclic) bond motifs is 1. The number of hydrogen-bond donors (Lipinski definition) is 2. The number of benzene rings is 2. The Labute approximate surface area is 184 Å². The second-order valence-electron chi connectivity index (χ2n) is 7.56. The maximum atomic E-state index is 12.2. The van der Waals surface area contributed by atoms with Crippen molar-refractivity contribution < 1.29 is 14.3 Å². The van der Waals surface area contributed by atoms with Crippen molar-refractivity contribution in [3.05, 3.63) is 78.8 Å². The van der Waals surface area contributed by atoms with Crippen LogP contribution in [0.15, 0.2) is 73.2 Å². The van der Waals surface area contributed by atoms with E-state index in [0.29, 0.717) is 36.7 Å². The van der Waals surface area contributed by atoms with Gasteiger partial charge in [0.25, 0.3) is 5.88 Å². The Hall–Kier alpha value is -4.20. The predicted molar refractivity (Wildman–Crippen MR) is 118 cm³/mol. The minimum atomic E-state index is -0.430. The van der Waals surface area contributed by atoms with Gasteiger partial charge in [-0.15, -0.1) is 0 Å². The predicted octanol–water partition coefficient (Wildman–Crippen LogP) is 3.08. The highest BCUT2D eigenvalue weighted by Crippen LogP contribution is 2.27. The fraction of sp³-hybridized carbons (Fsp3) is 0.167. The third kappa shape index (κ3) is 4.02. The van der Waals surface area contributed by atoms with Gasteiger partial charge in [-0.3, -0.25) is 14.0 Å². The van der Waals surface area contributed by atoms with Gasteiger partial charge in [0.15, 0.2) is 0 Å². The monoisotopic (exact) mass is 427 g/mol. The van der Waals surface area contributed by atoms with Gasteiger partial charge in [-0.2, -0.15) is 0 Å². The van der Waals surface area contributed by atoms with Crippen LogP contribution in [0.3, 0.4) is 0 Å². The van der Waals surface area contributed by atoms with Gasteiger partial charge >= 0.3 is 0 Å². The van der Waals surface area contributed by atoms with Gasteiger partial charge in [0.2, 0.25) is 17.5 Å². The molecular weight excluding hydrogens is 406 g/mol. The summed E-state index contributed by atoms with van der Waals surface area (Å²) in [6.45, 7) is 0.400. The summed E-state index contributed by atoms with van der Waals surface area (Å²) in [4.78, 5) is 32.3. The molecule has 0 saturated carbocycles. The summed E-state index contributed by atoms with van der Waals surface area (Å²) in [6.07, 6.45) is 6.26. The van der Waals surface area contributed by atoms with Gasteiger partial charge in [-0.25, -0.2) is 9.97 Å². The first-order chi connectivity index (χ1) is 15.7. The van der Waals surface area contributed by atoms with Crippen molar-refractivity contribution in [2.75, 3.05) is 0 Å². The normalized spacial score (nSPS) is 15.5. The SMILES string of the molecule is O=C1CCC(C(=O)NCc2ccc(-c3cnc4c(Oc5ccccc5)nccn34)cc2)N1. The van der Waals surface area contributed by atoms with Gasteiger partial charge in [-0.1, -0.05) is 42.5 Å². The average Bonchev–Trinajstić information content (AvgIpc) is 3.46. The van der Waals surface area contributed by atoms with Crippen molar-refractivity contribution in [3.63, 3.8) is 0 Å². The first kappa shape index (κ1) is 19.7. The number of para-hydroxylation sites is 1. The lowest BCUT2D eigenvalue weighted by Crippen LogP contribution is -2.41. The van der Waals surface area contributed by atoms with Crippen LogP contribution in [0.1, 0.15) is 18.4 Å². The van der Waals surface area contributed by atoms with Gasteiger partial charge in [0.1, 0.15) is 11.8 Å². The fourth-order valence-corrected chi connectivity index (χ4v) is 3.70. The molecule has 8 nitrogen and oxygen atoms in total. The second-order valence-corrected chi connectivity index (χ2v) is 7.56. The smallest absolute Gasteiger partial charge is 0.263 e. The van der Waals surface area contributed by atoms with E-state index in [2.05, 4.69) is 20.6 Å². The molecule has 1 aliphatic rings. The molecule has 0 spiro atoms. The highest BCUT2D eigenvalue weighted by molar-refractivity contribution is 5.90. The fourth-order valence-electron chi connectivity index (χ4n) is 3.70. The summed E-state index contributed by atoms with van der Waals surface area (Å²) in [5, 5.41) is 5.56. The Balaban J connectivity index is 1.31. The molecule has 2 amide bonds. The molecule has 2 aromatic heterocycles. The molecule has 1 atom stereocenters. The van der Waals surface area contributed by atoms with Crippen molar-refractivity contribution in [2.45, 2.75) is 25.4 Å². The molecule has 0 bridgehead atoms. The molecule has 3 heterocycles. The number of carbonyl (C=O) groups is 2. The highest BCUT2D eigenvalue weighted by atomic mass is 16.5. The quantitative estimate of drug-likeness (QED) is 0.493. The summed E-state index contributed by atoms with van der Waals surface area (Å²) < 4.78 is 7.84. The van der Waals surface area contributed by atoms with E-state index in [1.54, 1.807) is 12.4 Å². The third-order valence-electron chi connectivity index (χ3n) is 5.38. The largest absolute Gasteiger partial charge is 0.436 e. The van der Waals surface area contributed by atoms with E-state index in [0.717, 1.165) is 16.8 Å². The zero-order valence-electron chi connectivity index (χ0n) is 17.2. The van der Waals surface area contributed by atoms with Gasteiger partial charge in [-0.05, 0) is 24.1 Å². The van der Waals surface area contributed by atoms with Gasteiger partial charge in [0, 0.05) is 30.9 Å². The molecule has 1 aliphatic heterocycles. The van der Waals surface area contributed by atoms with Crippen LogP contribution in [0.5, 0.6) is 11.6 Å². The standard InChI is InChI=1S/C24H21N5O3/c30-21-11-10-19(28-21)23(31)27-14-16-6-8-17(9-7-16)20-15-26-22-24(25-12-13-29(20)22)32-18-4-2-1-3-5-18/h1-9,12-13,15,19H,10-11,14H2,(H,27,31)(H,28,30). The van der Waals surface area contributed by atoms with Gasteiger partial charge in [0.05, 0.1) is 11.9 Å². The first-order valence-electron chi connectivity index (χ1n) is 10.4. The maximum Gasteiger partial charge on any atom is 0.263 e. The van der Waals surface area contributed by atoms with E-state index in [1.165, 1.54) is 0 Å². The molecule has 1 fully saturated rings. The Kier molecular flexibility index (Phi) is 5.25. The minimum Gasteiger partial charge on any atom is -0.436 e. The molecule has 4 aromatic rings. The topological polar surface area (TPSA) is 97.6 Å². The molecule has 5 rings (SSSR count). The number of hydrogen-bond acceptors (Lipinski definition) is 5. The van der Waals surface area contributed by atoms with Crippen LogP contribution in [0.4, 0.5) is 0 Å². The summed E-state index contributed by atoms with van der Waals surface area (Å²) >= 11 is 0. The Morgan fingerprint density at radius 2 is 1.94 bits per heavy atom. The van der Waals surface area contributed by atoms with Crippen molar-refractivity contribution in [1.82, 2.24) is 25.0 Å². The summed E-state index contributed by atoms with van der Waals surface area (Å²) in [5.74, 6) is 0.903. The van der Waals surface area contributed by atoms with Crippen molar-refractivity contribution in [2.24, 2.45) is 0 Å². The molecule has 2 aromatic carbocycles. The van der Waals surface area contributed by atoms with Crippen LogP contribution >= 0.6 is 0 Å². The van der Waals surface area contributed by atoms with E-state index in [1.807, 2.05) is 65.2 Å². The van der Waals surface area contributed by atoms with Gasteiger partial charge < -0.3 is 15.4 Å². The number of nitrogens with one attached hydrogen (secondary N) is 2. The molecule has 0 radical (unpaired) electrons. The van der Waals surface area contributed by atoms with Crippen molar-refractivity contribution >= 4 is 17.5 Å². The van der Waals surface area contributed by atoms with Crippen LogP contribution in [0.25, 0.3) is 16.9 Å². The molecule has 1 saturated heterocycles. The Morgan fingerprint density at radius 1 is 1.12 bits per heavy atom. The van der Waals surface area contributed by atoms with Crippen LogP contribution < -0.4 is 15.4 Å². The van der Waals surface area contributed by atoms with E-state index >= 15 is 0 Å². The van der Waals surface area contributed by atoms with Crippen molar-refractivity contribution in [3.8, 4) is 22.9 Å². The average molecular weight is 427 g/mol. The number of imidazole rings is 1. The van der Waals surface area contributed by atoms with E-state index < -0.39 is 6.04 Å². The summed E-state index contributed by atoms with van der Waals surface area (Å²) in [6, 6.07) is 16.9. The lowest BCUT2D eigenvalue weighted by molar-refractivity contribution is -0.125. The number of rotatable bonds is 6. The van der Waals surface area contributed by atoms with E-state index in [9.17, 15) is 9.59 Å². The van der Waals surface area contributed by atoms with Crippen LogP contribution in [0.2, 0.25) is 0 Å². The first-order valence-corrected chi connectivity index (χ1v) is 10.4. The number of amides is 2. The highest BCUT2D eigenvalue weighted by Gasteiger charge is 2.26. The lowest BCUT2D eigenvalue weighted by atomic mass is 10.1. The summed E-state index contributed by atoms with van der Waals surface area (Å²) in [7, 11) is 0. The second kappa shape index (κ2) is 8.50. The lowest BCUT2D eigenvalue weighted by Gasteiger charge is -2.11.